The number of halogens is 1. The standard InChI is InChI=1S/C20H24ClNO5S/c1-25-14-11-16(27-3)15(26-2)10-13(14)19(17-4-5-18(21)28-17)22-8-6-12(7-9-22)20(23)24/h4-5,10-12,19H,6-9H2,1-3H3,(H,23,24). The summed E-state index contributed by atoms with van der Waals surface area (Å²) in [7, 11) is 4.81. The maximum atomic E-state index is 11.3. The van der Waals surface area contributed by atoms with E-state index < -0.39 is 5.97 Å². The fourth-order valence-corrected chi connectivity index (χ4v) is 4.89. The Balaban J connectivity index is 2.04. The van der Waals surface area contributed by atoms with Crippen molar-refractivity contribution in [3.05, 3.63) is 39.0 Å². The monoisotopic (exact) mass is 425 g/mol. The molecule has 1 atom stereocenters. The van der Waals surface area contributed by atoms with E-state index in [1.54, 1.807) is 21.3 Å². The minimum absolute atomic E-state index is 0.109. The molecule has 2 heterocycles. The summed E-state index contributed by atoms with van der Waals surface area (Å²) in [5.41, 5.74) is 0.937. The SMILES string of the molecule is COc1cc(OC)c(C(c2ccc(Cl)s2)N2CCC(C(=O)O)CC2)cc1OC. The van der Waals surface area contributed by atoms with Gasteiger partial charge < -0.3 is 19.3 Å². The van der Waals surface area contributed by atoms with Crippen molar-refractivity contribution in [3.8, 4) is 17.2 Å². The van der Waals surface area contributed by atoms with Crippen LogP contribution in [0.25, 0.3) is 0 Å². The quantitative estimate of drug-likeness (QED) is 0.712. The first kappa shape index (κ1) is 20.8. The smallest absolute Gasteiger partial charge is 0.306 e. The van der Waals surface area contributed by atoms with Crippen molar-refractivity contribution >= 4 is 28.9 Å². The number of hydrogen-bond acceptors (Lipinski definition) is 6. The zero-order valence-corrected chi connectivity index (χ0v) is 17.7. The molecule has 2 aromatic rings. The van der Waals surface area contributed by atoms with Crippen molar-refractivity contribution in [2.75, 3.05) is 34.4 Å². The second-order valence-electron chi connectivity index (χ2n) is 6.64. The molecule has 0 saturated carbocycles. The summed E-state index contributed by atoms with van der Waals surface area (Å²) in [5.74, 6) is 0.879. The number of ether oxygens (including phenoxy) is 3. The minimum atomic E-state index is -0.723. The van der Waals surface area contributed by atoms with E-state index in [1.807, 2.05) is 24.3 Å². The second-order valence-corrected chi connectivity index (χ2v) is 8.39. The lowest BCUT2D eigenvalue weighted by atomic mass is 9.93. The third-order valence-electron chi connectivity index (χ3n) is 5.14. The molecule has 0 aliphatic carbocycles. The van der Waals surface area contributed by atoms with Gasteiger partial charge in [0.1, 0.15) is 5.75 Å². The molecule has 3 rings (SSSR count). The van der Waals surface area contributed by atoms with Crippen LogP contribution in [-0.2, 0) is 4.79 Å². The fraction of sp³-hybridized carbons (Fsp3) is 0.450. The number of rotatable bonds is 7. The molecule has 1 N–H and O–H groups in total. The van der Waals surface area contributed by atoms with Crippen LogP contribution < -0.4 is 14.2 Å². The van der Waals surface area contributed by atoms with E-state index in [1.165, 1.54) is 11.3 Å². The molecule has 1 unspecified atom stereocenters. The van der Waals surface area contributed by atoms with Crippen LogP contribution in [0.3, 0.4) is 0 Å². The summed E-state index contributed by atoms with van der Waals surface area (Å²) in [6, 6.07) is 7.53. The van der Waals surface area contributed by atoms with Gasteiger partial charge >= 0.3 is 5.97 Å². The molecule has 28 heavy (non-hydrogen) atoms. The Morgan fingerprint density at radius 1 is 1.11 bits per heavy atom. The lowest BCUT2D eigenvalue weighted by molar-refractivity contribution is -0.143. The zero-order chi connectivity index (χ0) is 20.3. The van der Waals surface area contributed by atoms with Gasteiger partial charge in [0.25, 0.3) is 0 Å². The normalized spacial score (nSPS) is 16.6. The number of methoxy groups -OCH3 is 3. The molecule has 1 fully saturated rings. The molecule has 0 spiro atoms. The van der Waals surface area contributed by atoms with E-state index >= 15 is 0 Å². The van der Waals surface area contributed by atoms with Gasteiger partial charge in [-0.05, 0) is 44.1 Å². The number of likely N-dealkylation sites (tertiary alicyclic amines) is 1. The van der Waals surface area contributed by atoms with Gasteiger partial charge in [-0.3, -0.25) is 9.69 Å². The molecule has 1 aromatic carbocycles. The number of hydrogen-bond donors (Lipinski definition) is 1. The molecule has 1 aliphatic rings. The Kier molecular flexibility index (Phi) is 6.69. The lowest BCUT2D eigenvalue weighted by Gasteiger charge is -2.37. The molecule has 1 aliphatic heterocycles. The van der Waals surface area contributed by atoms with E-state index in [-0.39, 0.29) is 12.0 Å². The highest BCUT2D eigenvalue weighted by atomic mass is 35.5. The lowest BCUT2D eigenvalue weighted by Crippen LogP contribution is -2.39. The largest absolute Gasteiger partial charge is 0.496 e. The second kappa shape index (κ2) is 9.03. The number of benzene rings is 1. The molecule has 8 heteroatoms. The van der Waals surface area contributed by atoms with Crippen molar-refractivity contribution in [2.45, 2.75) is 18.9 Å². The number of carboxylic acid groups (broad SMARTS) is 1. The average Bonchev–Trinajstić information content (AvgIpc) is 3.13. The van der Waals surface area contributed by atoms with Crippen LogP contribution in [-0.4, -0.2) is 50.4 Å². The van der Waals surface area contributed by atoms with Crippen LogP contribution in [0, 0.1) is 5.92 Å². The van der Waals surface area contributed by atoms with Crippen LogP contribution in [0.4, 0.5) is 0 Å². The molecule has 0 radical (unpaired) electrons. The number of piperidine rings is 1. The van der Waals surface area contributed by atoms with Gasteiger partial charge in [0.15, 0.2) is 11.5 Å². The van der Waals surface area contributed by atoms with Gasteiger partial charge in [-0.1, -0.05) is 11.6 Å². The van der Waals surface area contributed by atoms with Crippen LogP contribution >= 0.6 is 22.9 Å². The van der Waals surface area contributed by atoms with Crippen molar-refractivity contribution < 1.29 is 24.1 Å². The summed E-state index contributed by atoms with van der Waals surface area (Å²) in [4.78, 5) is 14.7. The number of aliphatic carboxylic acids is 1. The highest BCUT2D eigenvalue weighted by Crippen LogP contribution is 2.44. The van der Waals surface area contributed by atoms with Gasteiger partial charge in [0.2, 0.25) is 0 Å². The van der Waals surface area contributed by atoms with Gasteiger partial charge in [-0.25, -0.2) is 0 Å². The first-order chi connectivity index (χ1) is 13.5. The molecular weight excluding hydrogens is 402 g/mol. The highest BCUT2D eigenvalue weighted by molar-refractivity contribution is 7.16. The van der Waals surface area contributed by atoms with Gasteiger partial charge in [-0.15, -0.1) is 11.3 Å². The number of carboxylic acids is 1. The van der Waals surface area contributed by atoms with E-state index in [4.69, 9.17) is 25.8 Å². The Morgan fingerprint density at radius 2 is 1.71 bits per heavy atom. The third kappa shape index (κ3) is 4.21. The molecule has 0 bridgehead atoms. The van der Waals surface area contributed by atoms with E-state index in [9.17, 15) is 9.90 Å². The third-order valence-corrected chi connectivity index (χ3v) is 6.42. The Labute approximate surface area is 173 Å². The predicted molar refractivity (Wildman–Crippen MR) is 109 cm³/mol. The summed E-state index contributed by atoms with van der Waals surface area (Å²) >= 11 is 7.74. The summed E-state index contributed by atoms with van der Waals surface area (Å²) in [5, 5.41) is 9.32. The van der Waals surface area contributed by atoms with Crippen LogP contribution in [0.2, 0.25) is 4.34 Å². The van der Waals surface area contributed by atoms with Crippen molar-refractivity contribution in [1.82, 2.24) is 4.90 Å². The summed E-state index contributed by atoms with van der Waals surface area (Å²) < 4.78 is 17.3. The maximum absolute atomic E-state index is 11.3. The fourth-order valence-electron chi connectivity index (χ4n) is 3.68. The molecular formula is C20H24ClNO5S. The number of nitrogens with zero attached hydrogens (tertiary/aromatic N) is 1. The van der Waals surface area contributed by atoms with E-state index in [0.29, 0.717) is 47.5 Å². The average molecular weight is 426 g/mol. The Bertz CT molecular complexity index is 832. The van der Waals surface area contributed by atoms with Gasteiger partial charge in [-0.2, -0.15) is 0 Å². The zero-order valence-electron chi connectivity index (χ0n) is 16.1. The van der Waals surface area contributed by atoms with E-state index in [2.05, 4.69) is 4.90 Å². The van der Waals surface area contributed by atoms with Crippen molar-refractivity contribution in [1.29, 1.82) is 0 Å². The summed E-state index contributed by atoms with van der Waals surface area (Å²) in [6.07, 6.45) is 1.22. The van der Waals surface area contributed by atoms with E-state index in [0.717, 1.165) is 10.4 Å². The van der Waals surface area contributed by atoms with Crippen molar-refractivity contribution in [2.24, 2.45) is 5.92 Å². The van der Waals surface area contributed by atoms with Crippen LogP contribution in [0.1, 0.15) is 29.3 Å². The number of carbonyl (C=O) groups is 1. The molecule has 1 saturated heterocycles. The van der Waals surface area contributed by atoms with Gasteiger partial charge in [0.05, 0.1) is 37.6 Å². The highest BCUT2D eigenvalue weighted by Gasteiger charge is 2.33. The maximum Gasteiger partial charge on any atom is 0.306 e. The Morgan fingerprint density at radius 3 is 2.21 bits per heavy atom. The van der Waals surface area contributed by atoms with Crippen molar-refractivity contribution in [3.63, 3.8) is 0 Å². The van der Waals surface area contributed by atoms with Crippen LogP contribution in [0.15, 0.2) is 24.3 Å². The van der Waals surface area contributed by atoms with Gasteiger partial charge in [0, 0.05) is 16.5 Å². The minimum Gasteiger partial charge on any atom is -0.496 e. The molecule has 6 nitrogen and oxygen atoms in total. The first-order valence-corrected chi connectivity index (χ1v) is 10.2. The van der Waals surface area contributed by atoms with Crippen LogP contribution in [0.5, 0.6) is 17.2 Å². The first-order valence-electron chi connectivity index (χ1n) is 9.00. The topological polar surface area (TPSA) is 68.2 Å². The Hall–Kier alpha value is -1.96. The summed E-state index contributed by atoms with van der Waals surface area (Å²) in [6.45, 7) is 1.35. The molecule has 152 valence electrons. The number of thiophene rings is 1. The molecule has 0 amide bonds. The predicted octanol–water partition coefficient (Wildman–Crippen LogP) is 4.31. The molecule has 1 aromatic heterocycles.